The molecule has 0 unspecified atom stereocenters. The van der Waals surface area contributed by atoms with E-state index in [0.29, 0.717) is 5.33 Å². The minimum absolute atomic E-state index is 0.673. The highest BCUT2D eigenvalue weighted by atomic mass is 79.9. The average Bonchev–Trinajstić information content (AvgIpc) is 2.67. The molecular formula is C9H7BrN2O. The van der Waals surface area contributed by atoms with E-state index in [4.69, 9.17) is 4.52 Å². The highest BCUT2D eigenvalue weighted by Crippen LogP contribution is 2.17. The second-order valence-corrected chi connectivity index (χ2v) is 3.09. The second kappa shape index (κ2) is 3.70. The van der Waals surface area contributed by atoms with Crippen LogP contribution in [-0.2, 0) is 5.33 Å². The summed E-state index contributed by atoms with van der Waals surface area (Å²) in [6.07, 6.45) is 1.73. The number of hydrogen-bond donors (Lipinski definition) is 0. The summed E-state index contributed by atoms with van der Waals surface area (Å²) in [5.41, 5.74) is 1.61. The first-order valence-electron chi connectivity index (χ1n) is 3.83. The highest BCUT2D eigenvalue weighted by Gasteiger charge is 2.05. The fourth-order valence-electron chi connectivity index (χ4n) is 1.01. The smallest absolute Gasteiger partial charge is 0.147 e. The fourth-order valence-corrected chi connectivity index (χ4v) is 1.28. The number of rotatable bonds is 2. The minimum atomic E-state index is 0.673. The van der Waals surface area contributed by atoms with E-state index < -0.39 is 0 Å². The van der Waals surface area contributed by atoms with Crippen molar-refractivity contribution in [2.45, 2.75) is 5.33 Å². The summed E-state index contributed by atoms with van der Waals surface area (Å²) in [5, 5.41) is 4.56. The van der Waals surface area contributed by atoms with Gasteiger partial charge in [-0.05, 0) is 12.1 Å². The van der Waals surface area contributed by atoms with Crippen LogP contribution in [0.5, 0.6) is 0 Å². The molecule has 4 heteroatoms. The highest BCUT2D eigenvalue weighted by molar-refractivity contribution is 9.08. The lowest BCUT2D eigenvalue weighted by molar-refractivity contribution is 0.397. The molecule has 0 aromatic carbocycles. The molecular weight excluding hydrogens is 232 g/mol. The van der Waals surface area contributed by atoms with E-state index in [1.54, 1.807) is 6.20 Å². The molecule has 0 aliphatic rings. The van der Waals surface area contributed by atoms with E-state index in [-0.39, 0.29) is 0 Å². The molecule has 3 nitrogen and oxygen atoms in total. The molecule has 2 aromatic rings. The Balaban J connectivity index is 2.36. The lowest BCUT2D eigenvalue weighted by Gasteiger charge is -1.90. The van der Waals surface area contributed by atoms with Crippen LogP contribution in [0.15, 0.2) is 35.0 Å². The monoisotopic (exact) mass is 238 g/mol. The number of nitrogens with zero attached hydrogens (tertiary/aromatic N) is 2. The summed E-state index contributed by atoms with van der Waals surface area (Å²) >= 11 is 3.29. The van der Waals surface area contributed by atoms with Crippen LogP contribution in [0.25, 0.3) is 11.4 Å². The number of hydrogen-bond acceptors (Lipinski definition) is 3. The fraction of sp³-hybridized carbons (Fsp3) is 0.111. The van der Waals surface area contributed by atoms with Crippen LogP contribution in [0, 0.1) is 0 Å². The van der Waals surface area contributed by atoms with Crippen LogP contribution in [0.2, 0.25) is 0 Å². The Morgan fingerprint density at radius 2 is 2.23 bits per heavy atom. The first-order chi connectivity index (χ1) is 6.40. The van der Waals surface area contributed by atoms with Crippen molar-refractivity contribution in [2.75, 3.05) is 0 Å². The average molecular weight is 239 g/mol. The largest absolute Gasteiger partial charge is 0.360 e. The zero-order valence-corrected chi connectivity index (χ0v) is 8.36. The minimum Gasteiger partial charge on any atom is -0.360 e. The Morgan fingerprint density at radius 3 is 2.85 bits per heavy atom. The van der Waals surface area contributed by atoms with Crippen LogP contribution in [0.4, 0.5) is 0 Å². The van der Waals surface area contributed by atoms with Gasteiger partial charge in [0.2, 0.25) is 0 Å². The second-order valence-electron chi connectivity index (χ2n) is 2.53. The molecule has 0 bridgehead atoms. The van der Waals surface area contributed by atoms with Gasteiger partial charge < -0.3 is 4.52 Å². The third-order valence-corrected chi connectivity index (χ3v) is 2.17. The Bertz CT molecular complexity index is 386. The predicted molar refractivity (Wildman–Crippen MR) is 52.4 cm³/mol. The zero-order valence-electron chi connectivity index (χ0n) is 6.77. The van der Waals surface area contributed by atoms with Crippen molar-refractivity contribution in [1.29, 1.82) is 0 Å². The van der Waals surface area contributed by atoms with Gasteiger partial charge in [-0.3, -0.25) is 4.98 Å². The molecule has 0 aliphatic heterocycles. The lowest BCUT2D eigenvalue weighted by Crippen LogP contribution is -1.79. The number of aromatic nitrogens is 2. The van der Waals surface area contributed by atoms with Gasteiger partial charge in [-0.1, -0.05) is 27.2 Å². The molecule has 2 heterocycles. The predicted octanol–water partition coefficient (Wildman–Crippen LogP) is 2.63. The molecule has 66 valence electrons. The summed E-state index contributed by atoms with van der Waals surface area (Å²) in [6, 6.07) is 7.56. The van der Waals surface area contributed by atoms with Gasteiger partial charge in [0.05, 0.1) is 11.0 Å². The molecule has 0 spiro atoms. The summed E-state index contributed by atoms with van der Waals surface area (Å²) in [7, 11) is 0. The number of pyridine rings is 1. The standard InChI is InChI=1S/C9H7BrN2O/c10-6-7-5-9(12-13-7)8-3-1-2-4-11-8/h1-5H,6H2. The van der Waals surface area contributed by atoms with Crippen molar-refractivity contribution in [3.05, 3.63) is 36.2 Å². The molecule has 0 aliphatic carbocycles. The summed E-state index contributed by atoms with van der Waals surface area (Å²) in [6.45, 7) is 0. The van der Waals surface area contributed by atoms with Crippen molar-refractivity contribution >= 4 is 15.9 Å². The summed E-state index contributed by atoms with van der Waals surface area (Å²) in [4.78, 5) is 4.16. The SMILES string of the molecule is BrCc1cc(-c2ccccn2)no1. The maximum Gasteiger partial charge on any atom is 0.147 e. The maximum absolute atomic E-state index is 5.03. The van der Waals surface area contributed by atoms with Gasteiger partial charge >= 0.3 is 0 Å². The van der Waals surface area contributed by atoms with Crippen LogP contribution < -0.4 is 0 Å². The topological polar surface area (TPSA) is 38.9 Å². The third kappa shape index (κ3) is 1.78. The molecule has 0 saturated carbocycles. The zero-order chi connectivity index (χ0) is 9.10. The van der Waals surface area contributed by atoms with Crippen LogP contribution >= 0.6 is 15.9 Å². The molecule has 13 heavy (non-hydrogen) atoms. The molecule has 0 radical (unpaired) electrons. The van der Waals surface area contributed by atoms with Crippen molar-refractivity contribution in [2.24, 2.45) is 0 Å². The summed E-state index contributed by atoms with van der Waals surface area (Å²) < 4.78 is 5.03. The van der Waals surface area contributed by atoms with Gasteiger partial charge in [-0.15, -0.1) is 0 Å². The number of alkyl halides is 1. The van der Waals surface area contributed by atoms with Gasteiger partial charge in [-0.2, -0.15) is 0 Å². The Morgan fingerprint density at radius 1 is 1.31 bits per heavy atom. The van der Waals surface area contributed by atoms with E-state index in [0.717, 1.165) is 17.1 Å². The first kappa shape index (κ1) is 8.44. The van der Waals surface area contributed by atoms with Crippen molar-refractivity contribution in [3.63, 3.8) is 0 Å². The number of halogens is 1. The van der Waals surface area contributed by atoms with Crippen molar-refractivity contribution in [3.8, 4) is 11.4 Å². The lowest BCUT2D eigenvalue weighted by atomic mass is 10.2. The van der Waals surface area contributed by atoms with E-state index in [9.17, 15) is 0 Å². The summed E-state index contributed by atoms with van der Waals surface area (Å²) in [5.74, 6) is 0.806. The molecule has 2 aromatic heterocycles. The molecule has 2 rings (SSSR count). The van der Waals surface area contributed by atoms with Crippen molar-refractivity contribution in [1.82, 2.24) is 10.1 Å². The van der Waals surface area contributed by atoms with E-state index in [1.807, 2.05) is 24.3 Å². The van der Waals surface area contributed by atoms with Gasteiger partial charge in [0.25, 0.3) is 0 Å². The van der Waals surface area contributed by atoms with Crippen molar-refractivity contribution < 1.29 is 4.52 Å². The van der Waals surface area contributed by atoms with Gasteiger partial charge in [0.1, 0.15) is 11.5 Å². The van der Waals surface area contributed by atoms with E-state index in [1.165, 1.54) is 0 Å². The Kier molecular flexibility index (Phi) is 2.40. The normalized spacial score (nSPS) is 10.2. The molecule has 0 atom stereocenters. The van der Waals surface area contributed by atoms with E-state index in [2.05, 4.69) is 26.1 Å². The Hall–Kier alpha value is -1.16. The van der Waals surface area contributed by atoms with Gasteiger partial charge in [0, 0.05) is 12.3 Å². The quantitative estimate of drug-likeness (QED) is 0.756. The maximum atomic E-state index is 5.03. The van der Waals surface area contributed by atoms with Gasteiger partial charge in [0.15, 0.2) is 0 Å². The van der Waals surface area contributed by atoms with Crippen LogP contribution in [0.3, 0.4) is 0 Å². The third-order valence-electron chi connectivity index (χ3n) is 1.62. The molecule has 0 amide bonds. The van der Waals surface area contributed by atoms with E-state index >= 15 is 0 Å². The molecule has 0 N–H and O–H groups in total. The molecule has 0 fully saturated rings. The van der Waals surface area contributed by atoms with Crippen LogP contribution in [0.1, 0.15) is 5.76 Å². The van der Waals surface area contributed by atoms with Gasteiger partial charge in [-0.25, -0.2) is 0 Å². The molecule has 0 saturated heterocycles. The Labute approximate surface area is 83.9 Å². The first-order valence-corrected chi connectivity index (χ1v) is 4.95. The van der Waals surface area contributed by atoms with Crippen LogP contribution in [-0.4, -0.2) is 10.1 Å².